The predicted molar refractivity (Wildman–Crippen MR) is 87.3 cm³/mol. The van der Waals surface area contributed by atoms with Gasteiger partial charge in [-0.25, -0.2) is 13.1 Å². The van der Waals surface area contributed by atoms with E-state index in [9.17, 15) is 13.2 Å². The zero-order valence-electron chi connectivity index (χ0n) is 14.4. The van der Waals surface area contributed by atoms with Crippen molar-refractivity contribution < 1.29 is 17.9 Å². The summed E-state index contributed by atoms with van der Waals surface area (Å²) in [5, 5.41) is 3.16. The van der Waals surface area contributed by atoms with Gasteiger partial charge in [-0.1, -0.05) is 27.2 Å². The number of ether oxygens (including phenoxy) is 1. The summed E-state index contributed by atoms with van der Waals surface area (Å²) in [4.78, 5) is 12.8. The fourth-order valence-corrected chi connectivity index (χ4v) is 5.42. The van der Waals surface area contributed by atoms with Gasteiger partial charge in [0.2, 0.25) is 15.9 Å². The Kier molecular flexibility index (Phi) is 4.05. The molecule has 6 nitrogen and oxygen atoms in total. The van der Waals surface area contributed by atoms with E-state index in [1.807, 2.05) is 20.8 Å². The summed E-state index contributed by atoms with van der Waals surface area (Å²) >= 11 is 0. The van der Waals surface area contributed by atoms with Crippen molar-refractivity contribution in [1.82, 2.24) is 10.0 Å². The number of rotatable bonds is 4. The molecule has 0 aromatic rings. The van der Waals surface area contributed by atoms with Crippen LogP contribution < -0.4 is 10.0 Å². The number of hydrogen-bond donors (Lipinski definition) is 2. The van der Waals surface area contributed by atoms with Gasteiger partial charge in [-0.05, 0) is 24.7 Å². The third-order valence-electron chi connectivity index (χ3n) is 5.79. The van der Waals surface area contributed by atoms with Crippen LogP contribution in [0.2, 0.25) is 0 Å². The van der Waals surface area contributed by atoms with Crippen LogP contribution >= 0.6 is 0 Å². The minimum Gasteiger partial charge on any atom is -0.377 e. The summed E-state index contributed by atoms with van der Waals surface area (Å²) in [5.74, 6) is 0.169. The summed E-state index contributed by atoms with van der Waals surface area (Å²) in [6.07, 6.45) is 5.74. The second kappa shape index (κ2) is 5.43. The summed E-state index contributed by atoms with van der Waals surface area (Å²) in [5.41, 5.74) is -0.389. The third kappa shape index (κ3) is 2.91. The molecule has 23 heavy (non-hydrogen) atoms. The van der Waals surface area contributed by atoms with Gasteiger partial charge in [0.15, 0.2) is 0 Å². The van der Waals surface area contributed by atoms with E-state index in [-0.39, 0.29) is 23.5 Å². The van der Waals surface area contributed by atoms with Crippen LogP contribution in [0.25, 0.3) is 0 Å². The number of fused-ring (bicyclic) bond motifs is 2. The van der Waals surface area contributed by atoms with E-state index in [0.29, 0.717) is 5.92 Å². The molecule has 1 amide bonds. The first-order chi connectivity index (χ1) is 10.5. The zero-order chi connectivity index (χ0) is 17.0. The van der Waals surface area contributed by atoms with Crippen molar-refractivity contribution in [2.24, 2.45) is 16.7 Å². The molecule has 1 aliphatic heterocycles. The maximum absolute atomic E-state index is 12.8. The Morgan fingerprint density at radius 2 is 1.96 bits per heavy atom. The summed E-state index contributed by atoms with van der Waals surface area (Å²) in [6.45, 7) is 6.39. The quantitative estimate of drug-likeness (QED) is 0.798. The standard InChI is InChI=1S/C16H28N2O4S/c1-15(2,3)12(18-23(4,20)21)14(19)17-11-10-6-9-22-13(10)16(11)7-5-8-16/h10-13,18H,5-9H2,1-4H3,(H,17,19)/t10-,11-,12-,13-/m1/s1. The molecule has 2 saturated carbocycles. The van der Waals surface area contributed by atoms with Gasteiger partial charge in [0.25, 0.3) is 0 Å². The predicted octanol–water partition coefficient (Wildman–Crippen LogP) is 1.02. The Hall–Kier alpha value is -0.660. The van der Waals surface area contributed by atoms with Gasteiger partial charge < -0.3 is 10.1 Å². The first-order valence-corrected chi connectivity index (χ1v) is 10.3. The van der Waals surface area contributed by atoms with Gasteiger partial charge in [-0.2, -0.15) is 0 Å². The van der Waals surface area contributed by atoms with E-state index in [0.717, 1.165) is 32.1 Å². The molecular formula is C16H28N2O4S. The first kappa shape index (κ1) is 17.2. The lowest BCUT2D eigenvalue weighted by Gasteiger charge is -2.63. The third-order valence-corrected chi connectivity index (χ3v) is 6.46. The van der Waals surface area contributed by atoms with Crippen molar-refractivity contribution in [2.45, 2.75) is 64.6 Å². The van der Waals surface area contributed by atoms with Gasteiger partial charge in [-0.15, -0.1) is 0 Å². The number of hydrogen-bond acceptors (Lipinski definition) is 4. The molecule has 0 radical (unpaired) electrons. The highest BCUT2D eigenvalue weighted by Gasteiger charge is 2.67. The van der Waals surface area contributed by atoms with Crippen molar-refractivity contribution in [3.8, 4) is 0 Å². The lowest BCUT2D eigenvalue weighted by molar-refractivity contribution is -0.180. The van der Waals surface area contributed by atoms with Crippen LogP contribution in [0.4, 0.5) is 0 Å². The van der Waals surface area contributed by atoms with Crippen LogP contribution in [0.3, 0.4) is 0 Å². The highest BCUT2D eigenvalue weighted by Crippen LogP contribution is 2.62. The molecule has 0 bridgehead atoms. The molecule has 2 N–H and O–H groups in total. The van der Waals surface area contributed by atoms with Crippen molar-refractivity contribution >= 4 is 15.9 Å². The maximum Gasteiger partial charge on any atom is 0.238 e. The maximum atomic E-state index is 12.8. The average Bonchev–Trinajstić information content (AvgIpc) is 2.74. The molecule has 0 aromatic carbocycles. The Morgan fingerprint density at radius 3 is 2.43 bits per heavy atom. The lowest BCUT2D eigenvalue weighted by atomic mass is 9.46. The van der Waals surface area contributed by atoms with Crippen molar-refractivity contribution in [3.63, 3.8) is 0 Å². The van der Waals surface area contributed by atoms with Crippen LogP contribution in [0.1, 0.15) is 46.5 Å². The van der Waals surface area contributed by atoms with Crippen LogP contribution in [-0.4, -0.2) is 45.4 Å². The number of nitrogens with one attached hydrogen (secondary N) is 2. The van der Waals surface area contributed by atoms with E-state index >= 15 is 0 Å². The molecule has 132 valence electrons. The van der Waals surface area contributed by atoms with Gasteiger partial charge in [0, 0.05) is 24.0 Å². The fourth-order valence-electron chi connectivity index (χ4n) is 4.53. The monoisotopic (exact) mass is 344 g/mol. The fraction of sp³-hybridized carbons (Fsp3) is 0.938. The van der Waals surface area contributed by atoms with Gasteiger partial charge >= 0.3 is 0 Å². The summed E-state index contributed by atoms with van der Waals surface area (Å²) in [7, 11) is -3.45. The number of carbonyl (C=O) groups excluding carboxylic acids is 1. The smallest absolute Gasteiger partial charge is 0.238 e. The zero-order valence-corrected chi connectivity index (χ0v) is 15.2. The largest absolute Gasteiger partial charge is 0.377 e. The van der Waals surface area contributed by atoms with E-state index in [4.69, 9.17) is 4.74 Å². The van der Waals surface area contributed by atoms with Crippen molar-refractivity contribution in [2.75, 3.05) is 12.9 Å². The highest BCUT2D eigenvalue weighted by molar-refractivity contribution is 7.88. The van der Waals surface area contributed by atoms with Crippen LogP contribution in [0, 0.1) is 16.7 Å². The molecule has 1 saturated heterocycles. The van der Waals surface area contributed by atoms with Crippen molar-refractivity contribution in [3.05, 3.63) is 0 Å². The minimum absolute atomic E-state index is 0.102. The molecule has 1 heterocycles. The summed E-state index contributed by atoms with van der Waals surface area (Å²) < 4.78 is 31.6. The van der Waals surface area contributed by atoms with Gasteiger partial charge in [-0.3, -0.25) is 4.79 Å². The van der Waals surface area contributed by atoms with Crippen molar-refractivity contribution in [1.29, 1.82) is 0 Å². The summed E-state index contributed by atoms with van der Waals surface area (Å²) in [6, 6.07) is -0.640. The van der Waals surface area contributed by atoms with E-state index in [1.165, 1.54) is 6.42 Å². The topological polar surface area (TPSA) is 84.5 Å². The lowest BCUT2D eigenvalue weighted by Crippen LogP contribution is -2.73. The molecule has 1 spiro atoms. The molecule has 4 atom stereocenters. The molecule has 3 fully saturated rings. The minimum atomic E-state index is -3.45. The Balaban J connectivity index is 1.74. The number of amides is 1. The Labute approximate surface area is 138 Å². The number of carbonyl (C=O) groups is 1. The number of sulfonamides is 1. The molecule has 0 unspecified atom stereocenters. The SMILES string of the molecule is CC(C)(C)[C@H](NS(C)(=O)=O)C(=O)N[C@@H]1[C@H]2CCO[C@H]2C12CCC2. The Morgan fingerprint density at radius 1 is 1.30 bits per heavy atom. The van der Waals surface area contributed by atoms with Gasteiger partial charge in [0.1, 0.15) is 6.04 Å². The van der Waals surface area contributed by atoms with Crippen LogP contribution in [0.5, 0.6) is 0 Å². The Bertz CT molecular complexity index is 592. The van der Waals surface area contributed by atoms with E-state index in [2.05, 4.69) is 10.0 Å². The normalized spacial score (nSPS) is 33.5. The van der Waals surface area contributed by atoms with E-state index < -0.39 is 21.5 Å². The molecular weight excluding hydrogens is 316 g/mol. The average molecular weight is 344 g/mol. The molecule has 0 aromatic heterocycles. The second-order valence-electron chi connectivity index (χ2n) is 8.51. The van der Waals surface area contributed by atoms with Crippen LogP contribution in [-0.2, 0) is 19.6 Å². The first-order valence-electron chi connectivity index (χ1n) is 8.44. The molecule has 3 aliphatic rings. The molecule has 2 aliphatic carbocycles. The second-order valence-corrected chi connectivity index (χ2v) is 10.3. The van der Waals surface area contributed by atoms with E-state index in [1.54, 1.807) is 0 Å². The van der Waals surface area contributed by atoms with Crippen LogP contribution in [0.15, 0.2) is 0 Å². The van der Waals surface area contributed by atoms with Gasteiger partial charge in [0.05, 0.1) is 12.4 Å². The highest BCUT2D eigenvalue weighted by atomic mass is 32.2. The molecule has 7 heteroatoms. The molecule has 3 rings (SSSR count).